The molecule has 0 aliphatic heterocycles. The number of hydrogen-bond acceptors (Lipinski definition) is 7. The van der Waals surface area contributed by atoms with Crippen LogP contribution < -0.4 is 5.32 Å². The molecule has 0 spiro atoms. The van der Waals surface area contributed by atoms with Gasteiger partial charge in [-0.2, -0.15) is 0 Å². The first-order chi connectivity index (χ1) is 11.0. The van der Waals surface area contributed by atoms with Gasteiger partial charge in [0.1, 0.15) is 16.7 Å². The molecule has 0 radical (unpaired) electrons. The number of amides is 1. The van der Waals surface area contributed by atoms with Crippen molar-refractivity contribution >= 4 is 23.4 Å². The quantitative estimate of drug-likeness (QED) is 0.759. The van der Waals surface area contributed by atoms with Gasteiger partial charge in [-0.05, 0) is 26.7 Å². The van der Waals surface area contributed by atoms with E-state index in [0.717, 1.165) is 0 Å². The smallest absolute Gasteiger partial charge is 0.407 e. The van der Waals surface area contributed by atoms with Crippen molar-refractivity contribution in [2.75, 3.05) is 7.11 Å². The van der Waals surface area contributed by atoms with E-state index in [9.17, 15) is 14.7 Å². The fourth-order valence-corrected chi connectivity index (χ4v) is 2.72. The highest BCUT2D eigenvalue weighted by atomic mass is 32.1. The van der Waals surface area contributed by atoms with E-state index >= 15 is 0 Å². The average molecular weight is 358 g/mol. The Morgan fingerprint density at radius 1 is 1.38 bits per heavy atom. The Labute approximate surface area is 146 Å². The number of esters is 1. The number of aliphatic hydroxyl groups is 1. The predicted molar refractivity (Wildman–Crippen MR) is 91.0 cm³/mol. The van der Waals surface area contributed by atoms with Gasteiger partial charge < -0.3 is 19.9 Å². The Morgan fingerprint density at radius 2 is 2.00 bits per heavy atom. The zero-order valence-electron chi connectivity index (χ0n) is 15.0. The molecule has 1 amide bonds. The summed E-state index contributed by atoms with van der Waals surface area (Å²) in [4.78, 5) is 27.4. The van der Waals surface area contributed by atoms with Crippen molar-refractivity contribution in [3.8, 4) is 0 Å². The molecule has 1 aromatic heterocycles. The van der Waals surface area contributed by atoms with Crippen LogP contribution in [0, 0.1) is 5.92 Å². The molecular formula is C16H26N2O5S. The van der Waals surface area contributed by atoms with Crippen molar-refractivity contribution in [2.24, 2.45) is 5.92 Å². The van der Waals surface area contributed by atoms with Gasteiger partial charge >= 0.3 is 12.1 Å². The van der Waals surface area contributed by atoms with Crippen molar-refractivity contribution in [2.45, 2.75) is 58.8 Å². The van der Waals surface area contributed by atoms with Gasteiger partial charge in [-0.25, -0.2) is 14.6 Å². The van der Waals surface area contributed by atoms with Crippen molar-refractivity contribution in [1.29, 1.82) is 0 Å². The Bertz CT molecular complexity index is 565. The van der Waals surface area contributed by atoms with Crippen molar-refractivity contribution in [3.05, 3.63) is 16.1 Å². The van der Waals surface area contributed by atoms with Gasteiger partial charge in [-0.1, -0.05) is 13.8 Å². The van der Waals surface area contributed by atoms with E-state index in [2.05, 4.69) is 15.0 Å². The zero-order chi connectivity index (χ0) is 18.5. The topological polar surface area (TPSA) is 97.8 Å². The van der Waals surface area contributed by atoms with Crippen LogP contribution in [0.3, 0.4) is 0 Å². The normalized spacial score (nSPS) is 14.2. The van der Waals surface area contributed by atoms with Crippen LogP contribution in [0.5, 0.6) is 0 Å². The molecule has 1 aromatic rings. The van der Waals surface area contributed by atoms with E-state index < -0.39 is 23.8 Å². The third kappa shape index (κ3) is 6.45. The molecule has 0 saturated heterocycles. The summed E-state index contributed by atoms with van der Waals surface area (Å²) in [6.07, 6.45) is -1.15. The van der Waals surface area contributed by atoms with Crippen molar-refractivity contribution in [3.63, 3.8) is 0 Å². The Kier molecular flexibility index (Phi) is 7.16. The first-order valence-corrected chi connectivity index (χ1v) is 8.62. The maximum atomic E-state index is 11.9. The van der Waals surface area contributed by atoms with E-state index in [1.54, 1.807) is 20.8 Å². The molecule has 2 N–H and O–H groups in total. The fraction of sp³-hybridized carbons (Fsp3) is 0.688. The molecule has 0 aromatic carbocycles. The van der Waals surface area contributed by atoms with Crippen LogP contribution >= 0.6 is 11.3 Å². The van der Waals surface area contributed by atoms with Crippen LogP contribution in [0.25, 0.3) is 0 Å². The van der Waals surface area contributed by atoms with E-state index in [-0.39, 0.29) is 24.1 Å². The molecule has 0 saturated carbocycles. The minimum Gasteiger partial charge on any atom is -0.464 e. The Hall–Kier alpha value is -1.67. The fourth-order valence-electron chi connectivity index (χ4n) is 1.94. The average Bonchev–Trinajstić information content (AvgIpc) is 2.93. The molecule has 2 atom stereocenters. The van der Waals surface area contributed by atoms with Crippen molar-refractivity contribution < 1.29 is 24.2 Å². The van der Waals surface area contributed by atoms with Crippen LogP contribution in [0.2, 0.25) is 0 Å². The summed E-state index contributed by atoms with van der Waals surface area (Å²) in [6, 6.07) is -0.291. The summed E-state index contributed by atoms with van der Waals surface area (Å²) < 4.78 is 9.85. The molecule has 0 fully saturated rings. The largest absolute Gasteiger partial charge is 0.464 e. The van der Waals surface area contributed by atoms with Gasteiger partial charge in [0.05, 0.1) is 7.11 Å². The SMILES string of the molecule is COC(=O)c1csc(C(O)CC(NC(=O)OC(C)(C)C)C(C)C)n1. The number of aromatic nitrogens is 1. The minimum absolute atomic E-state index is 0.0900. The van der Waals surface area contributed by atoms with Crippen LogP contribution in [0.15, 0.2) is 5.38 Å². The highest BCUT2D eigenvalue weighted by molar-refractivity contribution is 7.09. The van der Waals surface area contributed by atoms with Crippen LogP contribution in [0.4, 0.5) is 4.79 Å². The van der Waals surface area contributed by atoms with Gasteiger partial charge in [-0.3, -0.25) is 0 Å². The minimum atomic E-state index is -0.893. The number of carbonyl (C=O) groups is 2. The van der Waals surface area contributed by atoms with Gasteiger partial charge in [0.25, 0.3) is 0 Å². The number of methoxy groups -OCH3 is 1. The summed E-state index contributed by atoms with van der Waals surface area (Å²) in [6.45, 7) is 9.24. The Morgan fingerprint density at radius 3 is 2.50 bits per heavy atom. The lowest BCUT2D eigenvalue weighted by atomic mass is 9.98. The lowest BCUT2D eigenvalue weighted by molar-refractivity contribution is 0.0461. The van der Waals surface area contributed by atoms with Gasteiger partial charge in [-0.15, -0.1) is 11.3 Å². The van der Waals surface area contributed by atoms with E-state index in [0.29, 0.717) is 5.01 Å². The van der Waals surface area contributed by atoms with Crippen molar-refractivity contribution in [1.82, 2.24) is 10.3 Å². The number of nitrogens with zero attached hydrogens (tertiary/aromatic N) is 1. The Balaban J connectivity index is 2.72. The monoisotopic (exact) mass is 358 g/mol. The number of ether oxygens (including phenoxy) is 2. The van der Waals surface area contributed by atoms with E-state index in [1.807, 2.05) is 13.8 Å². The third-order valence-electron chi connectivity index (χ3n) is 3.19. The van der Waals surface area contributed by atoms with Gasteiger partial charge in [0.15, 0.2) is 5.69 Å². The predicted octanol–water partition coefficient (Wildman–Crippen LogP) is 2.90. The molecular weight excluding hydrogens is 332 g/mol. The standard InChI is InChI=1S/C16H26N2O5S/c1-9(2)10(18-15(21)23-16(3,4)5)7-12(19)13-17-11(8-24-13)14(20)22-6/h8-10,12,19H,7H2,1-6H3,(H,18,21). The number of rotatable bonds is 6. The molecule has 0 bridgehead atoms. The summed E-state index contributed by atoms with van der Waals surface area (Å²) in [5.74, 6) is -0.454. The summed E-state index contributed by atoms with van der Waals surface area (Å²) >= 11 is 1.18. The molecule has 2 unspecified atom stereocenters. The second kappa shape index (κ2) is 8.43. The molecule has 24 heavy (non-hydrogen) atoms. The molecule has 1 heterocycles. The molecule has 0 aliphatic carbocycles. The summed E-state index contributed by atoms with van der Waals surface area (Å²) in [7, 11) is 1.28. The van der Waals surface area contributed by atoms with Gasteiger partial charge in [0, 0.05) is 17.8 Å². The molecule has 0 aliphatic rings. The lowest BCUT2D eigenvalue weighted by Crippen LogP contribution is -2.42. The summed E-state index contributed by atoms with van der Waals surface area (Å²) in [5, 5.41) is 15.1. The number of nitrogens with one attached hydrogen (secondary N) is 1. The first kappa shape index (κ1) is 20.4. The molecule has 136 valence electrons. The molecule has 8 heteroatoms. The lowest BCUT2D eigenvalue weighted by Gasteiger charge is -2.26. The van der Waals surface area contributed by atoms with Crippen LogP contribution in [0.1, 0.15) is 62.6 Å². The number of aliphatic hydroxyl groups excluding tert-OH is 1. The number of carbonyl (C=O) groups excluding carboxylic acids is 2. The van der Waals surface area contributed by atoms with E-state index in [1.165, 1.54) is 23.8 Å². The number of thiazole rings is 1. The highest BCUT2D eigenvalue weighted by Gasteiger charge is 2.26. The van der Waals surface area contributed by atoms with Crippen LogP contribution in [-0.4, -0.2) is 40.9 Å². The van der Waals surface area contributed by atoms with E-state index in [4.69, 9.17) is 4.74 Å². The van der Waals surface area contributed by atoms with Gasteiger partial charge in [0.2, 0.25) is 0 Å². The number of alkyl carbamates (subject to hydrolysis) is 1. The first-order valence-electron chi connectivity index (χ1n) is 7.74. The third-order valence-corrected chi connectivity index (χ3v) is 4.13. The second-order valence-corrected chi connectivity index (χ2v) is 7.70. The maximum absolute atomic E-state index is 11.9. The summed E-state index contributed by atoms with van der Waals surface area (Å²) in [5.41, 5.74) is -0.424. The molecule has 7 nitrogen and oxygen atoms in total. The maximum Gasteiger partial charge on any atom is 0.407 e. The highest BCUT2D eigenvalue weighted by Crippen LogP contribution is 2.25. The number of hydrogen-bond donors (Lipinski definition) is 2. The second-order valence-electron chi connectivity index (χ2n) is 6.81. The zero-order valence-corrected chi connectivity index (χ0v) is 15.8. The molecule has 1 rings (SSSR count). The van der Waals surface area contributed by atoms with Crippen LogP contribution in [-0.2, 0) is 9.47 Å².